The second kappa shape index (κ2) is 8.17. The number of hydrazine groups is 1. The van der Waals surface area contributed by atoms with Crippen molar-refractivity contribution in [3.05, 3.63) is 65.5 Å². The lowest BCUT2D eigenvalue weighted by atomic mass is 10.0. The molecule has 2 rings (SSSR count). The minimum Gasteiger partial charge on any atom is -0.271 e. The van der Waals surface area contributed by atoms with Gasteiger partial charge in [-0.3, -0.25) is 11.3 Å². The molecule has 1 unspecified atom stereocenters. The van der Waals surface area contributed by atoms with Gasteiger partial charge < -0.3 is 0 Å². The van der Waals surface area contributed by atoms with E-state index in [1.807, 2.05) is 0 Å². The van der Waals surface area contributed by atoms with Gasteiger partial charge in [-0.15, -0.1) is 11.8 Å². The highest BCUT2D eigenvalue weighted by molar-refractivity contribution is 7.99. The molecular weight excluding hydrogens is 283 g/mol. The van der Waals surface area contributed by atoms with E-state index in [4.69, 9.17) is 5.84 Å². The van der Waals surface area contributed by atoms with Crippen LogP contribution >= 0.6 is 11.8 Å². The first-order valence-corrected chi connectivity index (χ1v) is 8.15. The molecule has 0 aliphatic carbocycles. The van der Waals surface area contributed by atoms with Crippen molar-refractivity contribution < 1.29 is 4.39 Å². The summed E-state index contributed by atoms with van der Waals surface area (Å²) in [5.74, 6) is 6.26. The Labute approximate surface area is 129 Å². The van der Waals surface area contributed by atoms with Crippen LogP contribution in [0.4, 0.5) is 4.39 Å². The minimum absolute atomic E-state index is 0.0794. The first-order valence-electron chi connectivity index (χ1n) is 7.16. The van der Waals surface area contributed by atoms with Crippen molar-refractivity contribution in [2.24, 2.45) is 5.84 Å². The van der Waals surface area contributed by atoms with E-state index in [2.05, 4.69) is 36.6 Å². The first-order chi connectivity index (χ1) is 10.2. The van der Waals surface area contributed by atoms with E-state index < -0.39 is 0 Å². The quantitative estimate of drug-likeness (QED) is 0.460. The highest BCUT2D eigenvalue weighted by Crippen LogP contribution is 2.25. The number of benzene rings is 2. The molecular formula is C17H21FN2S. The summed E-state index contributed by atoms with van der Waals surface area (Å²) in [7, 11) is 0. The molecule has 21 heavy (non-hydrogen) atoms. The Kier molecular flexibility index (Phi) is 6.23. The van der Waals surface area contributed by atoms with E-state index in [9.17, 15) is 4.39 Å². The highest BCUT2D eigenvalue weighted by Gasteiger charge is 2.10. The lowest BCUT2D eigenvalue weighted by Gasteiger charge is -2.16. The minimum atomic E-state index is -0.209. The molecule has 0 heterocycles. The number of thioether (sulfide) groups is 1. The van der Waals surface area contributed by atoms with Crippen molar-refractivity contribution >= 4 is 11.8 Å². The van der Waals surface area contributed by atoms with E-state index >= 15 is 0 Å². The molecule has 0 aliphatic heterocycles. The number of hydrogen-bond acceptors (Lipinski definition) is 3. The van der Waals surface area contributed by atoms with Crippen LogP contribution in [0.3, 0.4) is 0 Å². The molecule has 112 valence electrons. The highest BCUT2D eigenvalue weighted by atomic mass is 32.2. The van der Waals surface area contributed by atoms with Crippen molar-refractivity contribution in [1.82, 2.24) is 5.43 Å². The van der Waals surface area contributed by atoms with Gasteiger partial charge in [-0.2, -0.15) is 0 Å². The second-order valence-electron chi connectivity index (χ2n) is 4.98. The maximum atomic E-state index is 12.9. The average molecular weight is 304 g/mol. The molecule has 3 N–H and O–H groups in total. The van der Waals surface area contributed by atoms with Crippen LogP contribution in [0.1, 0.15) is 30.5 Å². The number of rotatable bonds is 7. The standard InChI is InChI=1S/C17H21FN2S/c1-2-3-13-4-6-14(7-5-13)17(20-19)12-21-16-10-8-15(18)9-11-16/h4-11,17,20H,2-3,12,19H2,1H3. The summed E-state index contributed by atoms with van der Waals surface area (Å²) in [6.07, 6.45) is 2.25. The predicted molar refractivity (Wildman–Crippen MR) is 87.6 cm³/mol. The fourth-order valence-corrected chi connectivity index (χ4v) is 3.13. The van der Waals surface area contributed by atoms with Gasteiger partial charge in [0.1, 0.15) is 5.82 Å². The Morgan fingerprint density at radius 3 is 2.33 bits per heavy atom. The van der Waals surface area contributed by atoms with Crippen LogP contribution in [-0.4, -0.2) is 5.75 Å². The van der Waals surface area contributed by atoms with Crippen molar-refractivity contribution in [3.63, 3.8) is 0 Å². The molecule has 1 atom stereocenters. The fourth-order valence-electron chi connectivity index (χ4n) is 2.16. The smallest absolute Gasteiger partial charge is 0.123 e. The largest absolute Gasteiger partial charge is 0.271 e. The maximum Gasteiger partial charge on any atom is 0.123 e. The van der Waals surface area contributed by atoms with Crippen LogP contribution < -0.4 is 11.3 Å². The zero-order chi connectivity index (χ0) is 15.1. The lowest BCUT2D eigenvalue weighted by Crippen LogP contribution is -2.29. The van der Waals surface area contributed by atoms with Crippen LogP contribution in [-0.2, 0) is 6.42 Å². The SMILES string of the molecule is CCCc1ccc(C(CSc2ccc(F)cc2)NN)cc1. The number of aryl methyl sites for hydroxylation is 1. The van der Waals surface area contributed by atoms with Gasteiger partial charge >= 0.3 is 0 Å². The van der Waals surface area contributed by atoms with Crippen molar-refractivity contribution in [3.8, 4) is 0 Å². The van der Waals surface area contributed by atoms with E-state index in [1.165, 1.54) is 23.3 Å². The van der Waals surface area contributed by atoms with Crippen LogP contribution in [0.25, 0.3) is 0 Å². The third-order valence-corrected chi connectivity index (χ3v) is 4.46. The summed E-state index contributed by atoms with van der Waals surface area (Å²) < 4.78 is 12.9. The Morgan fingerprint density at radius 1 is 1.10 bits per heavy atom. The maximum absolute atomic E-state index is 12.9. The molecule has 2 nitrogen and oxygen atoms in total. The summed E-state index contributed by atoms with van der Waals surface area (Å²) in [4.78, 5) is 1.04. The van der Waals surface area contributed by atoms with E-state index in [0.717, 1.165) is 23.5 Å². The molecule has 0 bridgehead atoms. The summed E-state index contributed by atoms with van der Waals surface area (Å²) >= 11 is 1.66. The third kappa shape index (κ3) is 4.84. The van der Waals surface area contributed by atoms with E-state index in [-0.39, 0.29) is 11.9 Å². The van der Waals surface area contributed by atoms with Gasteiger partial charge in [-0.05, 0) is 41.8 Å². The molecule has 2 aromatic rings. The molecule has 0 saturated carbocycles. The van der Waals surface area contributed by atoms with Crippen LogP contribution in [0.15, 0.2) is 53.4 Å². The second-order valence-corrected chi connectivity index (χ2v) is 6.07. The number of nitrogens with two attached hydrogens (primary N) is 1. The van der Waals surface area contributed by atoms with Gasteiger partial charge in [0.25, 0.3) is 0 Å². The molecule has 0 aromatic heterocycles. The summed E-state index contributed by atoms with van der Waals surface area (Å²) in [5, 5.41) is 0. The normalized spacial score (nSPS) is 12.3. The van der Waals surface area contributed by atoms with Gasteiger partial charge in [0.2, 0.25) is 0 Å². The molecule has 0 amide bonds. The van der Waals surface area contributed by atoms with E-state index in [1.54, 1.807) is 23.9 Å². The molecule has 2 aromatic carbocycles. The molecule has 4 heteroatoms. The number of nitrogens with one attached hydrogen (secondary N) is 1. The lowest BCUT2D eigenvalue weighted by molar-refractivity contribution is 0.610. The molecule has 0 spiro atoms. The van der Waals surface area contributed by atoms with Crippen molar-refractivity contribution in [1.29, 1.82) is 0 Å². The zero-order valence-corrected chi connectivity index (χ0v) is 13.0. The molecule has 0 aliphatic rings. The molecule has 0 saturated heterocycles. The monoisotopic (exact) mass is 304 g/mol. The Balaban J connectivity index is 1.97. The van der Waals surface area contributed by atoms with Gasteiger partial charge in [0.15, 0.2) is 0 Å². The Morgan fingerprint density at radius 2 is 1.76 bits per heavy atom. The van der Waals surface area contributed by atoms with E-state index in [0.29, 0.717) is 0 Å². The fraction of sp³-hybridized carbons (Fsp3) is 0.294. The van der Waals surface area contributed by atoms with Gasteiger partial charge in [-0.1, -0.05) is 37.6 Å². The Bertz CT molecular complexity index is 540. The van der Waals surface area contributed by atoms with Crippen molar-refractivity contribution in [2.75, 3.05) is 5.75 Å². The van der Waals surface area contributed by atoms with Crippen LogP contribution in [0, 0.1) is 5.82 Å². The number of hydrogen-bond donors (Lipinski definition) is 2. The van der Waals surface area contributed by atoms with Gasteiger partial charge in [0.05, 0.1) is 6.04 Å². The first kappa shape index (κ1) is 16.0. The number of halogens is 1. The van der Waals surface area contributed by atoms with Crippen molar-refractivity contribution in [2.45, 2.75) is 30.7 Å². The summed E-state index contributed by atoms with van der Waals surface area (Å²) in [6, 6.07) is 15.2. The third-order valence-electron chi connectivity index (χ3n) is 3.35. The zero-order valence-electron chi connectivity index (χ0n) is 12.2. The summed E-state index contributed by atoms with van der Waals surface area (Å²) in [5.41, 5.74) is 5.38. The van der Waals surface area contributed by atoms with Crippen LogP contribution in [0.2, 0.25) is 0 Å². The topological polar surface area (TPSA) is 38.0 Å². The predicted octanol–water partition coefficient (Wildman–Crippen LogP) is 4.07. The molecule has 0 radical (unpaired) electrons. The average Bonchev–Trinajstić information content (AvgIpc) is 2.51. The van der Waals surface area contributed by atoms with Crippen LogP contribution in [0.5, 0.6) is 0 Å². The molecule has 0 fully saturated rings. The summed E-state index contributed by atoms with van der Waals surface area (Å²) in [6.45, 7) is 2.18. The van der Waals surface area contributed by atoms with Gasteiger partial charge in [-0.25, -0.2) is 4.39 Å². The Hall–Kier alpha value is -1.36. The van der Waals surface area contributed by atoms with Gasteiger partial charge in [0, 0.05) is 10.6 Å².